The molecule has 0 aromatic heterocycles. The molecular formula is C14H27N3O6S2. The molecule has 0 spiro atoms. The summed E-state index contributed by atoms with van der Waals surface area (Å²) in [6.45, 7) is 4.30. The van der Waals surface area contributed by atoms with Crippen LogP contribution in [0.25, 0.3) is 0 Å². The third-order valence-corrected chi connectivity index (χ3v) is 7.54. The zero-order valence-corrected chi connectivity index (χ0v) is 16.1. The van der Waals surface area contributed by atoms with Gasteiger partial charge in [-0.3, -0.25) is 9.69 Å². The van der Waals surface area contributed by atoms with Crippen LogP contribution in [0.2, 0.25) is 0 Å². The number of ether oxygens (including phenoxy) is 1. The number of morpholine rings is 1. The summed E-state index contributed by atoms with van der Waals surface area (Å²) in [4.78, 5) is 14.2. The summed E-state index contributed by atoms with van der Waals surface area (Å²) in [5, 5.41) is 2.78. The van der Waals surface area contributed by atoms with Gasteiger partial charge in [-0.05, 0) is 6.42 Å². The second-order valence-corrected chi connectivity index (χ2v) is 10.6. The molecular weight excluding hydrogens is 370 g/mol. The Labute approximate surface area is 149 Å². The van der Waals surface area contributed by atoms with E-state index in [1.165, 1.54) is 0 Å². The molecule has 1 N–H and O–H groups in total. The van der Waals surface area contributed by atoms with Crippen LogP contribution in [0.3, 0.4) is 0 Å². The molecule has 0 radical (unpaired) electrons. The Morgan fingerprint density at radius 2 is 2.00 bits per heavy atom. The van der Waals surface area contributed by atoms with Gasteiger partial charge in [-0.25, -0.2) is 16.8 Å². The van der Waals surface area contributed by atoms with Crippen molar-refractivity contribution in [2.45, 2.75) is 18.9 Å². The summed E-state index contributed by atoms with van der Waals surface area (Å²) in [6, 6.07) is -0.568. The first-order chi connectivity index (χ1) is 11.7. The number of sulfone groups is 1. The maximum absolute atomic E-state index is 12.0. The van der Waals surface area contributed by atoms with Crippen molar-refractivity contribution >= 4 is 25.8 Å². The fraction of sp³-hybridized carbons (Fsp3) is 0.929. The van der Waals surface area contributed by atoms with Crippen LogP contribution in [0, 0.1) is 0 Å². The highest BCUT2D eigenvalue weighted by molar-refractivity contribution is 7.92. The summed E-state index contributed by atoms with van der Waals surface area (Å²) in [5.74, 6) is -0.406. The SMILES string of the molecule is CS(=O)(=O)N(CCC(=O)NCCN1CCOCC1)C1CCS(=O)(=O)C1. The fourth-order valence-corrected chi connectivity index (χ4v) is 6.07. The van der Waals surface area contributed by atoms with E-state index in [-0.39, 0.29) is 36.8 Å². The number of hydrogen-bond acceptors (Lipinski definition) is 7. The van der Waals surface area contributed by atoms with Crippen molar-refractivity contribution in [2.24, 2.45) is 0 Å². The van der Waals surface area contributed by atoms with E-state index in [9.17, 15) is 21.6 Å². The Hall–Kier alpha value is -0.750. The first-order valence-corrected chi connectivity index (χ1v) is 12.1. The molecule has 0 aliphatic carbocycles. The summed E-state index contributed by atoms with van der Waals surface area (Å²) in [6.07, 6.45) is 1.36. The number of nitrogens with zero attached hydrogens (tertiary/aromatic N) is 2. The van der Waals surface area contributed by atoms with Gasteiger partial charge in [-0.1, -0.05) is 0 Å². The fourth-order valence-electron chi connectivity index (χ4n) is 3.10. The van der Waals surface area contributed by atoms with Crippen molar-refractivity contribution in [3.05, 3.63) is 0 Å². The number of nitrogens with one attached hydrogen (secondary N) is 1. The third kappa shape index (κ3) is 6.81. The maximum Gasteiger partial charge on any atom is 0.221 e. The molecule has 9 nitrogen and oxygen atoms in total. The van der Waals surface area contributed by atoms with Crippen molar-refractivity contribution in [1.29, 1.82) is 0 Å². The summed E-state index contributed by atoms with van der Waals surface area (Å²) < 4.78 is 53.5. The molecule has 2 aliphatic heterocycles. The highest BCUT2D eigenvalue weighted by Crippen LogP contribution is 2.20. The highest BCUT2D eigenvalue weighted by Gasteiger charge is 2.36. The van der Waals surface area contributed by atoms with Gasteiger partial charge in [0.25, 0.3) is 0 Å². The van der Waals surface area contributed by atoms with Gasteiger partial charge in [0.05, 0.1) is 31.0 Å². The predicted molar refractivity (Wildman–Crippen MR) is 93.5 cm³/mol. The molecule has 146 valence electrons. The highest BCUT2D eigenvalue weighted by atomic mass is 32.2. The predicted octanol–water partition coefficient (Wildman–Crippen LogP) is -1.73. The van der Waals surface area contributed by atoms with Gasteiger partial charge in [-0.2, -0.15) is 4.31 Å². The molecule has 2 fully saturated rings. The Bertz CT molecular complexity index is 658. The van der Waals surface area contributed by atoms with Crippen molar-refractivity contribution in [2.75, 3.05) is 63.7 Å². The Morgan fingerprint density at radius 1 is 1.32 bits per heavy atom. The summed E-state index contributed by atoms with van der Waals surface area (Å²) in [5.41, 5.74) is 0. The number of carbonyl (C=O) groups is 1. The molecule has 1 unspecified atom stereocenters. The van der Waals surface area contributed by atoms with Crippen molar-refractivity contribution in [3.8, 4) is 0 Å². The Balaban J connectivity index is 1.76. The first-order valence-electron chi connectivity index (χ1n) is 8.41. The molecule has 1 atom stereocenters. The van der Waals surface area contributed by atoms with Gasteiger partial charge in [0.1, 0.15) is 0 Å². The minimum Gasteiger partial charge on any atom is -0.379 e. The van der Waals surface area contributed by atoms with E-state index in [1.54, 1.807) is 0 Å². The van der Waals surface area contributed by atoms with Gasteiger partial charge in [-0.15, -0.1) is 0 Å². The lowest BCUT2D eigenvalue weighted by molar-refractivity contribution is -0.121. The van der Waals surface area contributed by atoms with Crippen molar-refractivity contribution in [1.82, 2.24) is 14.5 Å². The molecule has 2 aliphatic rings. The van der Waals surface area contributed by atoms with E-state index in [1.807, 2.05) is 0 Å². The van der Waals surface area contributed by atoms with Gasteiger partial charge < -0.3 is 10.1 Å². The van der Waals surface area contributed by atoms with Gasteiger partial charge in [0.2, 0.25) is 15.9 Å². The summed E-state index contributed by atoms with van der Waals surface area (Å²) in [7, 11) is -6.75. The number of rotatable bonds is 8. The largest absolute Gasteiger partial charge is 0.379 e. The minimum atomic E-state index is -3.57. The van der Waals surface area contributed by atoms with E-state index in [2.05, 4.69) is 10.2 Å². The van der Waals surface area contributed by atoms with Gasteiger partial charge in [0, 0.05) is 45.2 Å². The van der Waals surface area contributed by atoms with Crippen molar-refractivity contribution < 1.29 is 26.4 Å². The molecule has 0 bridgehead atoms. The zero-order valence-electron chi connectivity index (χ0n) is 14.5. The van der Waals surface area contributed by atoms with Gasteiger partial charge in [0.15, 0.2) is 9.84 Å². The van der Waals surface area contributed by atoms with E-state index in [0.717, 1.165) is 30.2 Å². The zero-order chi connectivity index (χ0) is 18.5. The lowest BCUT2D eigenvalue weighted by atomic mass is 10.2. The standard InChI is InChI=1S/C14H27N3O6S2/c1-24(19,20)17(13-3-11-25(21,22)12-13)5-2-14(18)15-4-6-16-7-9-23-10-8-16/h13H,2-12H2,1H3,(H,15,18). The average Bonchev–Trinajstić information content (AvgIpc) is 2.87. The van der Waals surface area contributed by atoms with Crippen LogP contribution >= 0.6 is 0 Å². The quantitative estimate of drug-likeness (QED) is 0.518. The molecule has 25 heavy (non-hydrogen) atoms. The first kappa shape index (κ1) is 20.6. The van der Waals surface area contributed by atoms with Crippen LogP contribution < -0.4 is 5.32 Å². The third-order valence-electron chi connectivity index (χ3n) is 4.45. The van der Waals surface area contributed by atoms with E-state index in [0.29, 0.717) is 19.8 Å². The van der Waals surface area contributed by atoms with E-state index >= 15 is 0 Å². The van der Waals surface area contributed by atoms with Crippen molar-refractivity contribution in [3.63, 3.8) is 0 Å². The normalized spacial score (nSPS) is 24.5. The number of hydrogen-bond donors (Lipinski definition) is 1. The Morgan fingerprint density at radius 3 is 2.56 bits per heavy atom. The van der Waals surface area contributed by atoms with Crippen LogP contribution in [0.15, 0.2) is 0 Å². The summed E-state index contributed by atoms with van der Waals surface area (Å²) >= 11 is 0. The van der Waals surface area contributed by atoms with Crippen LogP contribution in [0.5, 0.6) is 0 Å². The van der Waals surface area contributed by atoms with E-state index in [4.69, 9.17) is 4.74 Å². The number of sulfonamides is 1. The lowest BCUT2D eigenvalue weighted by Gasteiger charge is -2.27. The van der Waals surface area contributed by atoms with Crippen LogP contribution in [-0.4, -0.2) is 102 Å². The molecule has 11 heteroatoms. The molecule has 0 aromatic carbocycles. The second-order valence-electron chi connectivity index (χ2n) is 6.48. The average molecular weight is 398 g/mol. The molecule has 0 aromatic rings. The topological polar surface area (TPSA) is 113 Å². The maximum atomic E-state index is 12.0. The second kappa shape index (κ2) is 8.76. The Kier molecular flexibility index (Phi) is 7.20. The monoisotopic (exact) mass is 397 g/mol. The minimum absolute atomic E-state index is 0.00239. The molecule has 2 saturated heterocycles. The smallest absolute Gasteiger partial charge is 0.221 e. The van der Waals surface area contributed by atoms with Crippen LogP contribution in [0.1, 0.15) is 12.8 Å². The molecule has 2 rings (SSSR count). The molecule has 2 heterocycles. The molecule has 1 amide bonds. The number of amides is 1. The molecule has 0 saturated carbocycles. The van der Waals surface area contributed by atoms with Gasteiger partial charge >= 0.3 is 0 Å². The van der Waals surface area contributed by atoms with Crippen LogP contribution in [-0.2, 0) is 29.4 Å². The lowest BCUT2D eigenvalue weighted by Crippen LogP contribution is -2.44. The van der Waals surface area contributed by atoms with Crippen LogP contribution in [0.4, 0.5) is 0 Å². The van der Waals surface area contributed by atoms with E-state index < -0.39 is 25.9 Å². The number of carbonyl (C=O) groups excluding carboxylic acids is 1.